The van der Waals surface area contributed by atoms with E-state index in [-0.39, 0.29) is 35.9 Å². The molecule has 1 amide bonds. The summed E-state index contributed by atoms with van der Waals surface area (Å²) in [5.41, 5.74) is 0.374. The number of halogens is 2. The fourth-order valence-electron chi connectivity index (χ4n) is 2.60. The summed E-state index contributed by atoms with van der Waals surface area (Å²) in [7, 11) is 0. The van der Waals surface area contributed by atoms with Crippen molar-refractivity contribution in [1.82, 2.24) is 5.32 Å². The molecule has 0 spiro atoms. The van der Waals surface area contributed by atoms with Crippen LogP contribution >= 0.6 is 11.6 Å². The Bertz CT molecular complexity index is 467. The fraction of sp³-hybridized carbons (Fsp3) is 0.500. The van der Waals surface area contributed by atoms with Crippen LogP contribution in [0, 0.1) is 17.7 Å². The van der Waals surface area contributed by atoms with E-state index in [9.17, 15) is 14.3 Å². The first-order valence-corrected chi connectivity index (χ1v) is 6.82. The van der Waals surface area contributed by atoms with Gasteiger partial charge in [0.05, 0.1) is 5.02 Å². The molecule has 0 aliphatic heterocycles. The molecule has 19 heavy (non-hydrogen) atoms. The molecule has 104 valence electrons. The quantitative estimate of drug-likeness (QED) is 0.893. The predicted octanol–water partition coefficient (Wildman–Crippen LogP) is 2.50. The second kappa shape index (κ2) is 6.35. The molecular weight excluding hydrogens is 269 g/mol. The van der Waals surface area contributed by atoms with E-state index in [1.807, 2.05) is 0 Å². The maximum absolute atomic E-state index is 13.6. The largest absolute Gasteiger partial charge is 0.396 e. The van der Waals surface area contributed by atoms with Gasteiger partial charge in [-0.25, -0.2) is 4.39 Å². The molecule has 3 nitrogen and oxygen atoms in total. The molecule has 1 aromatic carbocycles. The molecule has 0 radical (unpaired) electrons. The van der Waals surface area contributed by atoms with Crippen molar-refractivity contribution >= 4 is 17.5 Å². The molecule has 0 unspecified atom stereocenters. The first kappa shape index (κ1) is 14.3. The van der Waals surface area contributed by atoms with Gasteiger partial charge in [0.1, 0.15) is 5.82 Å². The van der Waals surface area contributed by atoms with E-state index in [1.54, 1.807) is 12.1 Å². The van der Waals surface area contributed by atoms with Crippen molar-refractivity contribution in [2.75, 3.05) is 6.61 Å². The molecule has 1 aromatic rings. The topological polar surface area (TPSA) is 49.3 Å². The molecule has 2 rings (SSSR count). The number of aliphatic hydroxyl groups excluding tert-OH is 1. The molecule has 1 aliphatic rings. The molecule has 1 saturated carbocycles. The van der Waals surface area contributed by atoms with Crippen LogP contribution in [0.4, 0.5) is 4.39 Å². The maximum Gasteiger partial charge on any atom is 0.223 e. The van der Waals surface area contributed by atoms with Crippen LogP contribution < -0.4 is 5.32 Å². The van der Waals surface area contributed by atoms with E-state index in [1.165, 1.54) is 6.07 Å². The van der Waals surface area contributed by atoms with Gasteiger partial charge in [-0.05, 0) is 24.8 Å². The van der Waals surface area contributed by atoms with Crippen LogP contribution in [0.5, 0.6) is 0 Å². The predicted molar refractivity (Wildman–Crippen MR) is 71.2 cm³/mol. The third-order valence-electron chi connectivity index (χ3n) is 3.71. The van der Waals surface area contributed by atoms with Crippen molar-refractivity contribution in [3.63, 3.8) is 0 Å². The summed E-state index contributed by atoms with van der Waals surface area (Å²) in [6.07, 6.45) is 2.62. The molecule has 0 aromatic heterocycles. The average Bonchev–Trinajstić information content (AvgIpc) is 2.88. The molecule has 1 fully saturated rings. The Morgan fingerprint density at radius 3 is 3.00 bits per heavy atom. The summed E-state index contributed by atoms with van der Waals surface area (Å²) in [5, 5.41) is 12.0. The first-order chi connectivity index (χ1) is 9.13. The minimum atomic E-state index is -0.491. The van der Waals surface area contributed by atoms with E-state index >= 15 is 0 Å². The van der Waals surface area contributed by atoms with Gasteiger partial charge in [0.15, 0.2) is 0 Å². The standard InChI is InChI=1S/C14H17ClFNO2/c15-12-6-2-3-9(13(12)16)7-17-14(19)11-5-1-4-10(11)8-18/h2-3,6,10-11,18H,1,4-5,7-8H2,(H,17,19)/t10-,11+/m1/s1. The average molecular weight is 286 g/mol. The van der Waals surface area contributed by atoms with E-state index in [0.29, 0.717) is 5.56 Å². The van der Waals surface area contributed by atoms with E-state index < -0.39 is 5.82 Å². The molecule has 2 N–H and O–H groups in total. The molecule has 0 bridgehead atoms. The van der Waals surface area contributed by atoms with Crippen molar-refractivity contribution in [2.24, 2.45) is 11.8 Å². The molecule has 0 saturated heterocycles. The SMILES string of the molecule is O=C(NCc1cccc(Cl)c1F)[C@H]1CCC[C@@H]1CO. The van der Waals surface area contributed by atoms with Gasteiger partial charge >= 0.3 is 0 Å². The van der Waals surface area contributed by atoms with Gasteiger partial charge in [-0.15, -0.1) is 0 Å². The van der Waals surface area contributed by atoms with E-state index in [2.05, 4.69) is 5.32 Å². The summed E-state index contributed by atoms with van der Waals surface area (Å²) < 4.78 is 13.6. The Hall–Kier alpha value is -1.13. The lowest BCUT2D eigenvalue weighted by Crippen LogP contribution is -2.33. The minimum absolute atomic E-state index is 0.0314. The number of rotatable bonds is 4. The van der Waals surface area contributed by atoms with Gasteiger partial charge < -0.3 is 10.4 Å². The van der Waals surface area contributed by atoms with Crippen LogP contribution in [-0.4, -0.2) is 17.6 Å². The van der Waals surface area contributed by atoms with Gasteiger partial charge in [0.25, 0.3) is 0 Å². The fourth-order valence-corrected chi connectivity index (χ4v) is 2.79. The van der Waals surface area contributed by atoms with Crippen LogP contribution in [0.1, 0.15) is 24.8 Å². The smallest absolute Gasteiger partial charge is 0.223 e. The third kappa shape index (κ3) is 3.25. The maximum atomic E-state index is 13.6. The normalized spacial score (nSPS) is 22.5. The Morgan fingerprint density at radius 2 is 2.26 bits per heavy atom. The first-order valence-electron chi connectivity index (χ1n) is 6.45. The number of carbonyl (C=O) groups excluding carboxylic acids is 1. The van der Waals surface area contributed by atoms with Gasteiger partial charge in [0.2, 0.25) is 5.91 Å². The second-order valence-corrected chi connectivity index (χ2v) is 5.32. The Balaban J connectivity index is 1.95. The summed E-state index contributed by atoms with van der Waals surface area (Å²) in [6.45, 7) is 0.156. The lowest BCUT2D eigenvalue weighted by atomic mass is 9.96. The number of carbonyl (C=O) groups is 1. The van der Waals surface area contributed by atoms with Gasteiger partial charge in [0, 0.05) is 24.6 Å². The molecule has 2 atom stereocenters. The lowest BCUT2D eigenvalue weighted by molar-refractivity contribution is -0.126. The van der Waals surface area contributed by atoms with E-state index in [0.717, 1.165) is 19.3 Å². The minimum Gasteiger partial charge on any atom is -0.396 e. The van der Waals surface area contributed by atoms with Crippen molar-refractivity contribution in [3.8, 4) is 0 Å². The zero-order chi connectivity index (χ0) is 13.8. The lowest BCUT2D eigenvalue weighted by Gasteiger charge is -2.17. The van der Waals surface area contributed by atoms with Gasteiger partial charge in [-0.2, -0.15) is 0 Å². The zero-order valence-corrected chi connectivity index (χ0v) is 11.3. The Morgan fingerprint density at radius 1 is 1.47 bits per heavy atom. The highest BCUT2D eigenvalue weighted by molar-refractivity contribution is 6.30. The Kier molecular flexibility index (Phi) is 4.77. The molecular formula is C14H17ClFNO2. The van der Waals surface area contributed by atoms with Crippen LogP contribution in [0.2, 0.25) is 5.02 Å². The highest BCUT2D eigenvalue weighted by Gasteiger charge is 2.32. The summed E-state index contributed by atoms with van der Waals surface area (Å²) in [4.78, 5) is 12.0. The summed E-state index contributed by atoms with van der Waals surface area (Å²) in [5.74, 6) is -0.734. The molecule has 5 heteroatoms. The third-order valence-corrected chi connectivity index (χ3v) is 4.01. The van der Waals surface area contributed by atoms with Crippen LogP contribution in [0.3, 0.4) is 0 Å². The van der Waals surface area contributed by atoms with E-state index in [4.69, 9.17) is 11.6 Å². The summed E-state index contributed by atoms with van der Waals surface area (Å²) >= 11 is 5.68. The highest BCUT2D eigenvalue weighted by Crippen LogP contribution is 2.31. The van der Waals surface area contributed by atoms with Crippen molar-refractivity contribution in [2.45, 2.75) is 25.8 Å². The van der Waals surface area contributed by atoms with Crippen molar-refractivity contribution in [1.29, 1.82) is 0 Å². The number of hydrogen-bond donors (Lipinski definition) is 2. The number of nitrogens with one attached hydrogen (secondary N) is 1. The second-order valence-electron chi connectivity index (χ2n) is 4.91. The highest BCUT2D eigenvalue weighted by atomic mass is 35.5. The van der Waals surface area contributed by atoms with Crippen LogP contribution in [-0.2, 0) is 11.3 Å². The zero-order valence-electron chi connectivity index (χ0n) is 10.5. The number of benzene rings is 1. The van der Waals surface area contributed by atoms with Crippen LogP contribution in [0.15, 0.2) is 18.2 Å². The Labute approximate surface area is 116 Å². The van der Waals surface area contributed by atoms with Crippen LogP contribution in [0.25, 0.3) is 0 Å². The number of hydrogen-bond acceptors (Lipinski definition) is 2. The molecule has 0 heterocycles. The summed E-state index contributed by atoms with van der Waals surface area (Å²) in [6, 6.07) is 4.72. The van der Waals surface area contributed by atoms with Crippen molar-refractivity contribution in [3.05, 3.63) is 34.6 Å². The number of aliphatic hydroxyl groups is 1. The van der Waals surface area contributed by atoms with Gasteiger partial charge in [-0.3, -0.25) is 4.79 Å². The van der Waals surface area contributed by atoms with Crippen molar-refractivity contribution < 1.29 is 14.3 Å². The monoisotopic (exact) mass is 285 g/mol. The number of amides is 1. The van der Waals surface area contributed by atoms with Gasteiger partial charge in [-0.1, -0.05) is 30.2 Å². The molecule has 1 aliphatic carbocycles.